The zero-order valence-corrected chi connectivity index (χ0v) is 15.8. The maximum atomic E-state index is 12.5. The van der Waals surface area contributed by atoms with E-state index in [0.717, 1.165) is 17.5 Å². The fraction of sp³-hybridized carbons (Fsp3) is 0.316. The van der Waals surface area contributed by atoms with Crippen molar-refractivity contribution in [1.82, 2.24) is 5.32 Å². The Bertz CT molecular complexity index is 859. The predicted octanol–water partition coefficient (Wildman–Crippen LogP) is 3.63. The average Bonchev–Trinajstić information content (AvgIpc) is 2.58. The van der Waals surface area contributed by atoms with Gasteiger partial charge >= 0.3 is 0 Å². The van der Waals surface area contributed by atoms with Crippen LogP contribution in [0.2, 0.25) is 0 Å². The molecule has 5 nitrogen and oxygen atoms in total. The fourth-order valence-corrected chi connectivity index (χ4v) is 3.26. The molecule has 0 aliphatic carbocycles. The third-order valence-electron chi connectivity index (χ3n) is 4.18. The summed E-state index contributed by atoms with van der Waals surface area (Å²) in [5.74, 6) is -0.208. The lowest BCUT2D eigenvalue weighted by atomic mass is 10.1. The molecule has 25 heavy (non-hydrogen) atoms. The quantitative estimate of drug-likeness (QED) is 0.826. The van der Waals surface area contributed by atoms with E-state index in [1.807, 2.05) is 33.8 Å². The Kier molecular flexibility index (Phi) is 5.85. The molecule has 0 fully saturated rings. The predicted molar refractivity (Wildman–Crippen MR) is 100 cm³/mol. The van der Waals surface area contributed by atoms with Crippen molar-refractivity contribution in [3.63, 3.8) is 0 Å². The number of benzene rings is 2. The topological polar surface area (TPSA) is 75.3 Å². The van der Waals surface area contributed by atoms with Gasteiger partial charge in [0.15, 0.2) is 0 Å². The molecule has 0 aliphatic rings. The zero-order chi connectivity index (χ0) is 18.6. The molecule has 134 valence electrons. The first-order valence-electron chi connectivity index (χ1n) is 8.24. The van der Waals surface area contributed by atoms with E-state index in [4.69, 9.17) is 0 Å². The van der Waals surface area contributed by atoms with Crippen LogP contribution in [0.25, 0.3) is 0 Å². The second kappa shape index (κ2) is 7.70. The standard InChI is InChI=1S/C19H24N2O3S/c1-5-15(4)20-19(22)16-7-10-18(11-8-16)25(23,24)21-17-9-6-13(2)14(3)12-17/h6-12,15,21H,5H2,1-4H3,(H,20,22). The molecule has 1 atom stereocenters. The van der Waals surface area contributed by atoms with Crippen LogP contribution in [0.1, 0.15) is 41.8 Å². The van der Waals surface area contributed by atoms with Gasteiger partial charge in [-0.3, -0.25) is 9.52 Å². The van der Waals surface area contributed by atoms with Gasteiger partial charge in [-0.15, -0.1) is 0 Å². The lowest BCUT2D eigenvalue weighted by Gasteiger charge is -2.12. The molecular weight excluding hydrogens is 336 g/mol. The molecule has 2 aromatic carbocycles. The molecule has 0 radical (unpaired) electrons. The van der Waals surface area contributed by atoms with Crippen LogP contribution in [0.3, 0.4) is 0 Å². The lowest BCUT2D eigenvalue weighted by Crippen LogP contribution is -2.31. The second-order valence-electron chi connectivity index (χ2n) is 6.21. The van der Waals surface area contributed by atoms with E-state index in [-0.39, 0.29) is 16.8 Å². The number of sulfonamides is 1. The number of hydrogen-bond donors (Lipinski definition) is 2. The van der Waals surface area contributed by atoms with Gasteiger partial charge in [0.25, 0.3) is 15.9 Å². The van der Waals surface area contributed by atoms with Gasteiger partial charge in [-0.1, -0.05) is 13.0 Å². The van der Waals surface area contributed by atoms with E-state index < -0.39 is 10.0 Å². The molecule has 0 saturated carbocycles. The number of amides is 1. The van der Waals surface area contributed by atoms with Crippen LogP contribution in [-0.4, -0.2) is 20.4 Å². The molecule has 1 amide bonds. The minimum Gasteiger partial charge on any atom is -0.350 e. The van der Waals surface area contributed by atoms with Crippen molar-refractivity contribution >= 4 is 21.6 Å². The Labute approximate surface area is 149 Å². The fourth-order valence-electron chi connectivity index (χ4n) is 2.21. The number of rotatable bonds is 6. The van der Waals surface area contributed by atoms with Gasteiger partial charge in [0, 0.05) is 17.3 Å². The summed E-state index contributed by atoms with van der Waals surface area (Å²) in [5.41, 5.74) is 3.06. The molecule has 2 aromatic rings. The van der Waals surface area contributed by atoms with Gasteiger partial charge in [-0.25, -0.2) is 8.42 Å². The maximum Gasteiger partial charge on any atom is 0.261 e. The summed E-state index contributed by atoms with van der Waals surface area (Å²) >= 11 is 0. The zero-order valence-electron chi connectivity index (χ0n) is 15.0. The summed E-state index contributed by atoms with van der Waals surface area (Å²) in [6, 6.07) is 11.4. The molecule has 0 heterocycles. The molecule has 2 N–H and O–H groups in total. The molecule has 2 rings (SSSR count). The highest BCUT2D eigenvalue weighted by Gasteiger charge is 2.16. The molecule has 0 bridgehead atoms. The van der Waals surface area contributed by atoms with Gasteiger partial charge in [0.05, 0.1) is 4.90 Å². The van der Waals surface area contributed by atoms with Crippen molar-refractivity contribution in [2.45, 2.75) is 45.1 Å². The Balaban J connectivity index is 2.17. The molecule has 0 spiro atoms. The minimum atomic E-state index is -3.69. The summed E-state index contributed by atoms with van der Waals surface area (Å²) in [6.45, 7) is 7.80. The monoisotopic (exact) mass is 360 g/mol. The second-order valence-corrected chi connectivity index (χ2v) is 7.89. The summed E-state index contributed by atoms with van der Waals surface area (Å²) in [7, 11) is -3.69. The van der Waals surface area contributed by atoms with Gasteiger partial charge in [0.1, 0.15) is 0 Å². The van der Waals surface area contributed by atoms with E-state index in [1.54, 1.807) is 12.1 Å². The first-order chi connectivity index (χ1) is 11.7. The highest BCUT2D eigenvalue weighted by Crippen LogP contribution is 2.19. The normalized spacial score (nSPS) is 12.5. The smallest absolute Gasteiger partial charge is 0.261 e. The van der Waals surface area contributed by atoms with Crippen LogP contribution in [0, 0.1) is 13.8 Å². The van der Waals surface area contributed by atoms with Crippen LogP contribution in [0.15, 0.2) is 47.4 Å². The molecule has 0 aromatic heterocycles. The molecule has 6 heteroatoms. The Hall–Kier alpha value is -2.34. The molecule has 1 unspecified atom stereocenters. The van der Waals surface area contributed by atoms with Crippen molar-refractivity contribution in [1.29, 1.82) is 0 Å². The van der Waals surface area contributed by atoms with Crippen LogP contribution in [-0.2, 0) is 10.0 Å². The van der Waals surface area contributed by atoms with Gasteiger partial charge in [-0.05, 0) is 74.7 Å². The van der Waals surface area contributed by atoms with E-state index in [2.05, 4.69) is 10.0 Å². The largest absolute Gasteiger partial charge is 0.350 e. The number of carbonyl (C=O) groups is 1. The summed E-state index contributed by atoms with van der Waals surface area (Å²) in [4.78, 5) is 12.2. The van der Waals surface area contributed by atoms with Crippen LogP contribution >= 0.6 is 0 Å². The highest BCUT2D eigenvalue weighted by molar-refractivity contribution is 7.92. The van der Waals surface area contributed by atoms with E-state index in [9.17, 15) is 13.2 Å². The number of carbonyl (C=O) groups excluding carboxylic acids is 1. The van der Waals surface area contributed by atoms with Crippen molar-refractivity contribution in [2.75, 3.05) is 4.72 Å². The molecular formula is C19H24N2O3S. The van der Waals surface area contributed by atoms with Crippen LogP contribution < -0.4 is 10.0 Å². The lowest BCUT2D eigenvalue weighted by molar-refractivity contribution is 0.0939. The first kappa shape index (κ1) is 19.0. The summed E-state index contributed by atoms with van der Waals surface area (Å²) < 4.78 is 27.5. The SMILES string of the molecule is CCC(C)NC(=O)c1ccc(S(=O)(=O)Nc2ccc(C)c(C)c2)cc1. The van der Waals surface area contributed by atoms with E-state index in [0.29, 0.717) is 11.3 Å². The minimum absolute atomic E-state index is 0.0716. The third-order valence-corrected chi connectivity index (χ3v) is 5.57. The van der Waals surface area contributed by atoms with Crippen LogP contribution in [0.4, 0.5) is 5.69 Å². The highest BCUT2D eigenvalue weighted by atomic mass is 32.2. The first-order valence-corrected chi connectivity index (χ1v) is 9.72. The number of anilines is 1. The average molecular weight is 360 g/mol. The molecule has 0 saturated heterocycles. The van der Waals surface area contributed by atoms with E-state index >= 15 is 0 Å². The molecule has 0 aliphatic heterocycles. The van der Waals surface area contributed by atoms with Crippen molar-refractivity contribution < 1.29 is 13.2 Å². The van der Waals surface area contributed by atoms with Crippen molar-refractivity contribution in [2.24, 2.45) is 0 Å². The number of nitrogens with one attached hydrogen (secondary N) is 2. The Morgan fingerprint density at radius 1 is 1.04 bits per heavy atom. The van der Waals surface area contributed by atoms with Gasteiger partial charge < -0.3 is 5.32 Å². The number of hydrogen-bond acceptors (Lipinski definition) is 3. The van der Waals surface area contributed by atoms with E-state index in [1.165, 1.54) is 24.3 Å². The maximum absolute atomic E-state index is 12.5. The van der Waals surface area contributed by atoms with Gasteiger partial charge in [0.2, 0.25) is 0 Å². The van der Waals surface area contributed by atoms with Crippen molar-refractivity contribution in [3.8, 4) is 0 Å². The summed E-state index contributed by atoms with van der Waals surface area (Å²) in [6.07, 6.45) is 0.831. The Morgan fingerprint density at radius 2 is 1.68 bits per heavy atom. The number of aryl methyl sites for hydroxylation is 2. The Morgan fingerprint density at radius 3 is 2.24 bits per heavy atom. The third kappa shape index (κ3) is 4.82. The van der Waals surface area contributed by atoms with Gasteiger partial charge in [-0.2, -0.15) is 0 Å². The van der Waals surface area contributed by atoms with Crippen LogP contribution in [0.5, 0.6) is 0 Å². The van der Waals surface area contributed by atoms with Crippen molar-refractivity contribution in [3.05, 3.63) is 59.2 Å². The summed E-state index contributed by atoms with van der Waals surface area (Å²) in [5, 5.41) is 2.85.